The molecule has 0 aliphatic heterocycles. The molecule has 2 aliphatic carbocycles. The van der Waals surface area contributed by atoms with Gasteiger partial charge in [-0.1, -0.05) is 24.6 Å². The van der Waals surface area contributed by atoms with Gasteiger partial charge in [-0.15, -0.1) is 0 Å². The Labute approximate surface area is 192 Å². The number of para-hydroxylation sites is 1. The van der Waals surface area contributed by atoms with Gasteiger partial charge in [0.15, 0.2) is 0 Å². The van der Waals surface area contributed by atoms with Crippen molar-refractivity contribution < 1.29 is 4.79 Å². The van der Waals surface area contributed by atoms with Crippen molar-refractivity contribution in [3.63, 3.8) is 0 Å². The summed E-state index contributed by atoms with van der Waals surface area (Å²) in [6.45, 7) is 0.807. The number of nitrogens with zero attached hydrogens (tertiary/aromatic N) is 3. The second kappa shape index (κ2) is 8.21. The molecule has 1 aromatic carbocycles. The van der Waals surface area contributed by atoms with Crippen molar-refractivity contribution in [1.29, 1.82) is 0 Å². The number of rotatable bonds is 5. The predicted octanol–water partition coefficient (Wildman–Crippen LogP) is 4.65. The first-order valence-electron chi connectivity index (χ1n) is 12.2. The SMILES string of the molecule is Nc1nccn2c1c(-c1cc3ccccc3[nH]1)nc2[C@H]1CC[C@H](CNC(=O)C2CCC2)CC1. The van der Waals surface area contributed by atoms with Gasteiger partial charge in [0.05, 0.1) is 5.69 Å². The third-order valence-corrected chi connectivity index (χ3v) is 7.65. The zero-order valence-corrected chi connectivity index (χ0v) is 18.8. The van der Waals surface area contributed by atoms with Crippen LogP contribution in [0.25, 0.3) is 27.8 Å². The number of anilines is 1. The molecule has 4 N–H and O–H groups in total. The highest BCUT2D eigenvalue weighted by atomic mass is 16.1. The van der Waals surface area contributed by atoms with Crippen LogP contribution in [0.4, 0.5) is 5.82 Å². The van der Waals surface area contributed by atoms with Crippen molar-refractivity contribution in [2.75, 3.05) is 12.3 Å². The number of aromatic nitrogens is 4. The minimum absolute atomic E-state index is 0.258. The molecule has 4 aromatic rings. The van der Waals surface area contributed by atoms with Crippen molar-refractivity contribution in [3.05, 3.63) is 48.5 Å². The van der Waals surface area contributed by atoms with Crippen LogP contribution in [0.15, 0.2) is 42.7 Å². The second-order valence-electron chi connectivity index (χ2n) is 9.71. The average molecular weight is 443 g/mol. The number of aromatic amines is 1. The number of hydrogen-bond acceptors (Lipinski definition) is 4. The third-order valence-electron chi connectivity index (χ3n) is 7.65. The fourth-order valence-electron chi connectivity index (χ4n) is 5.45. The quantitative estimate of drug-likeness (QED) is 0.419. The number of nitrogens with two attached hydrogens (primary N) is 1. The van der Waals surface area contributed by atoms with E-state index in [0.29, 0.717) is 17.7 Å². The van der Waals surface area contributed by atoms with Gasteiger partial charge < -0.3 is 16.0 Å². The number of carbonyl (C=O) groups is 1. The maximum absolute atomic E-state index is 12.2. The summed E-state index contributed by atoms with van der Waals surface area (Å²) in [5.41, 5.74) is 10.1. The van der Waals surface area contributed by atoms with E-state index in [1.807, 2.05) is 18.3 Å². The fraction of sp³-hybridized carbons (Fsp3) is 0.423. The lowest BCUT2D eigenvalue weighted by atomic mass is 9.81. The number of amides is 1. The second-order valence-corrected chi connectivity index (χ2v) is 9.71. The van der Waals surface area contributed by atoms with Gasteiger partial charge in [-0.3, -0.25) is 9.20 Å². The molecule has 0 radical (unpaired) electrons. The van der Waals surface area contributed by atoms with E-state index in [1.165, 1.54) is 6.42 Å². The van der Waals surface area contributed by atoms with E-state index >= 15 is 0 Å². The molecular weight excluding hydrogens is 412 g/mol. The molecule has 3 aromatic heterocycles. The molecular formula is C26H30N6O. The molecule has 0 unspecified atom stereocenters. The number of benzene rings is 1. The summed E-state index contributed by atoms with van der Waals surface area (Å²) in [4.78, 5) is 25.2. The Kier molecular flexibility index (Phi) is 5.04. The number of fused-ring (bicyclic) bond motifs is 2. The standard InChI is InChI=1S/C26H30N6O/c27-24-23-22(21-14-19-4-1-2-7-20(19)30-21)31-25(32(23)13-12-28-24)17-10-8-16(9-11-17)15-29-26(33)18-5-3-6-18/h1-2,4,7,12-14,16-18,30H,3,5-6,8-11,15H2,(H2,27,28)(H,29,33)/t16-,17-. The highest BCUT2D eigenvalue weighted by Gasteiger charge is 2.29. The Bertz CT molecular complexity index is 1280. The predicted molar refractivity (Wildman–Crippen MR) is 130 cm³/mol. The van der Waals surface area contributed by atoms with E-state index in [1.54, 1.807) is 6.20 Å². The van der Waals surface area contributed by atoms with Crippen LogP contribution in [-0.2, 0) is 4.79 Å². The number of H-pyrrole nitrogens is 1. The van der Waals surface area contributed by atoms with Crippen LogP contribution in [0, 0.1) is 11.8 Å². The minimum atomic E-state index is 0.258. The summed E-state index contributed by atoms with van der Waals surface area (Å²) in [6.07, 6.45) is 11.4. The molecule has 0 saturated heterocycles. The number of imidazole rings is 1. The number of nitrogens with one attached hydrogen (secondary N) is 2. The van der Waals surface area contributed by atoms with Crippen molar-refractivity contribution >= 4 is 28.1 Å². The van der Waals surface area contributed by atoms with Gasteiger partial charge in [-0.2, -0.15) is 0 Å². The Morgan fingerprint density at radius 2 is 1.97 bits per heavy atom. The maximum atomic E-state index is 12.2. The van der Waals surface area contributed by atoms with Crippen molar-refractivity contribution in [2.24, 2.45) is 11.8 Å². The van der Waals surface area contributed by atoms with Gasteiger partial charge in [0.25, 0.3) is 0 Å². The highest BCUT2D eigenvalue weighted by molar-refractivity contribution is 5.91. The van der Waals surface area contributed by atoms with E-state index in [4.69, 9.17) is 10.7 Å². The summed E-state index contributed by atoms with van der Waals surface area (Å²) >= 11 is 0. The third kappa shape index (κ3) is 3.65. The summed E-state index contributed by atoms with van der Waals surface area (Å²) in [5.74, 6) is 3.00. The number of carbonyl (C=O) groups excluding carboxylic acids is 1. The lowest BCUT2D eigenvalue weighted by Gasteiger charge is -2.29. The van der Waals surface area contributed by atoms with Gasteiger partial charge >= 0.3 is 0 Å². The number of nitrogen functional groups attached to an aromatic ring is 1. The van der Waals surface area contributed by atoms with Gasteiger partial charge in [0, 0.05) is 41.7 Å². The van der Waals surface area contributed by atoms with E-state index in [2.05, 4.69) is 37.9 Å². The zero-order chi connectivity index (χ0) is 22.4. The maximum Gasteiger partial charge on any atom is 0.223 e. The molecule has 3 heterocycles. The van der Waals surface area contributed by atoms with Gasteiger partial charge in [-0.25, -0.2) is 9.97 Å². The van der Waals surface area contributed by atoms with Crippen molar-refractivity contribution in [2.45, 2.75) is 50.9 Å². The Balaban J connectivity index is 1.24. The highest BCUT2D eigenvalue weighted by Crippen LogP contribution is 2.38. The normalized spacial score (nSPS) is 21.3. The first kappa shape index (κ1) is 20.3. The molecule has 1 amide bonds. The summed E-state index contributed by atoms with van der Waals surface area (Å²) in [5, 5.41) is 4.35. The van der Waals surface area contributed by atoms with E-state index in [0.717, 1.165) is 78.7 Å². The fourth-order valence-corrected chi connectivity index (χ4v) is 5.45. The first-order valence-corrected chi connectivity index (χ1v) is 12.2. The van der Waals surface area contributed by atoms with E-state index in [9.17, 15) is 4.79 Å². The monoisotopic (exact) mass is 442 g/mol. The lowest BCUT2D eigenvalue weighted by Crippen LogP contribution is -2.37. The van der Waals surface area contributed by atoms with Gasteiger partial charge in [0.1, 0.15) is 22.9 Å². The summed E-state index contributed by atoms with van der Waals surface area (Å²) < 4.78 is 2.13. The van der Waals surface area contributed by atoms with Crippen LogP contribution in [0.3, 0.4) is 0 Å². The van der Waals surface area contributed by atoms with Crippen LogP contribution < -0.4 is 11.1 Å². The topological polar surface area (TPSA) is 101 Å². The molecule has 7 nitrogen and oxygen atoms in total. The van der Waals surface area contributed by atoms with Gasteiger partial charge in [-0.05, 0) is 56.6 Å². The largest absolute Gasteiger partial charge is 0.382 e. The Hall–Kier alpha value is -3.35. The van der Waals surface area contributed by atoms with Crippen molar-refractivity contribution in [3.8, 4) is 11.4 Å². The van der Waals surface area contributed by atoms with Crippen LogP contribution >= 0.6 is 0 Å². The molecule has 2 saturated carbocycles. The molecule has 6 rings (SSSR count). The summed E-state index contributed by atoms with van der Waals surface area (Å²) in [7, 11) is 0. The average Bonchev–Trinajstić information content (AvgIpc) is 3.39. The molecule has 7 heteroatoms. The summed E-state index contributed by atoms with van der Waals surface area (Å²) in [6, 6.07) is 10.4. The molecule has 170 valence electrons. The van der Waals surface area contributed by atoms with E-state index < -0.39 is 0 Å². The van der Waals surface area contributed by atoms with E-state index in [-0.39, 0.29) is 11.8 Å². The molecule has 0 spiro atoms. The zero-order valence-electron chi connectivity index (χ0n) is 18.8. The van der Waals surface area contributed by atoms with Crippen LogP contribution in [0.1, 0.15) is 56.7 Å². The molecule has 0 bridgehead atoms. The molecule has 33 heavy (non-hydrogen) atoms. The molecule has 0 atom stereocenters. The van der Waals surface area contributed by atoms with Crippen LogP contribution in [0.2, 0.25) is 0 Å². The Morgan fingerprint density at radius 3 is 2.73 bits per heavy atom. The van der Waals surface area contributed by atoms with Crippen molar-refractivity contribution in [1.82, 2.24) is 24.7 Å². The minimum Gasteiger partial charge on any atom is -0.382 e. The number of hydrogen-bond donors (Lipinski definition) is 3. The van der Waals surface area contributed by atoms with Gasteiger partial charge in [0.2, 0.25) is 5.91 Å². The Morgan fingerprint density at radius 1 is 1.15 bits per heavy atom. The smallest absolute Gasteiger partial charge is 0.223 e. The molecule has 2 aliphatic rings. The lowest BCUT2D eigenvalue weighted by molar-refractivity contribution is -0.127. The van der Waals surface area contributed by atoms with Crippen LogP contribution in [0.5, 0.6) is 0 Å². The first-order chi connectivity index (χ1) is 16.2. The molecule has 2 fully saturated rings. The van der Waals surface area contributed by atoms with Crippen LogP contribution in [-0.4, -0.2) is 31.8 Å².